The quantitative estimate of drug-likeness (QED) is 0.431. The van der Waals surface area contributed by atoms with Crippen LogP contribution in [0.15, 0.2) is 18.2 Å². The predicted molar refractivity (Wildman–Crippen MR) is 93.9 cm³/mol. The van der Waals surface area contributed by atoms with E-state index in [1.54, 1.807) is 12.1 Å². The maximum Gasteiger partial charge on any atom is 0.330 e. The zero-order valence-corrected chi connectivity index (χ0v) is 15.3. The molecular formula is C18H24O9. The van der Waals surface area contributed by atoms with Crippen LogP contribution >= 0.6 is 0 Å². The summed E-state index contributed by atoms with van der Waals surface area (Å²) in [5.41, 5.74) is 0.619. The SMILES string of the molecule is COc1cc(C=CC(=O)OCC2OCC(O)C(O)C2O)cc(OC)c1OC. The third-order valence-electron chi connectivity index (χ3n) is 4.09. The summed E-state index contributed by atoms with van der Waals surface area (Å²) >= 11 is 0. The Kier molecular flexibility index (Phi) is 7.43. The molecule has 1 aliphatic heterocycles. The molecule has 4 atom stereocenters. The van der Waals surface area contributed by atoms with Gasteiger partial charge in [0, 0.05) is 6.08 Å². The van der Waals surface area contributed by atoms with Crippen LogP contribution in [0.1, 0.15) is 5.56 Å². The molecule has 1 heterocycles. The van der Waals surface area contributed by atoms with Crippen molar-refractivity contribution in [3.8, 4) is 17.2 Å². The highest BCUT2D eigenvalue weighted by atomic mass is 16.6. The smallest absolute Gasteiger partial charge is 0.330 e. The topological polar surface area (TPSA) is 124 Å². The highest BCUT2D eigenvalue weighted by Gasteiger charge is 2.37. The lowest BCUT2D eigenvalue weighted by Gasteiger charge is -2.34. The van der Waals surface area contributed by atoms with Crippen LogP contribution in [0, 0.1) is 0 Å². The van der Waals surface area contributed by atoms with Gasteiger partial charge in [-0.25, -0.2) is 4.79 Å². The van der Waals surface area contributed by atoms with Crippen molar-refractivity contribution in [1.82, 2.24) is 0 Å². The van der Waals surface area contributed by atoms with Gasteiger partial charge in [0.15, 0.2) is 11.5 Å². The number of methoxy groups -OCH3 is 3. The van der Waals surface area contributed by atoms with Crippen molar-refractivity contribution < 1.29 is 43.8 Å². The Labute approximate surface area is 156 Å². The third-order valence-corrected chi connectivity index (χ3v) is 4.09. The maximum absolute atomic E-state index is 11.9. The fourth-order valence-electron chi connectivity index (χ4n) is 2.59. The molecule has 9 heteroatoms. The molecule has 1 fully saturated rings. The van der Waals surface area contributed by atoms with Crippen LogP contribution in [0.25, 0.3) is 6.08 Å². The number of benzene rings is 1. The Morgan fingerprint density at radius 2 is 1.74 bits per heavy atom. The molecule has 0 bridgehead atoms. The average molecular weight is 384 g/mol. The van der Waals surface area contributed by atoms with Crippen molar-refractivity contribution >= 4 is 12.0 Å². The fraction of sp³-hybridized carbons (Fsp3) is 0.500. The summed E-state index contributed by atoms with van der Waals surface area (Å²) in [6, 6.07) is 3.33. The minimum Gasteiger partial charge on any atom is -0.493 e. The Morgan fingerprint density at radius 3 is 2.30 bits per heavy atom. The van der Waals surface area contributed by atoms with Crippen molar-refractivity contribution in [2.45, 2.75) is 24.4 Å². The molecule has 0 amide bonds. The number of carbonyl (C=O) groups excluding carboxylic acids is 1. The predicted octanol–water partition coefficient (Wildman–Crippen LogP) is -0.250. The lowest BCUT2D eigenvalue weighted by molar-refractivity contribution is -0.200. The monoisotopic (exact) mass is 384 g/mol. The largest absolute Gasteiger partial charge is 0.493 e. The Bertz CT molecular complexity index is 648. The molecule has 0 radical (unpaired) electrons. The molecule has 0 saturated carbocycles. The Balaban J connectivity index is 1.98. The van der Waals surface area contributed by atoms with Gasteiger partial charge in [0.2, 0.25) is 5.75 Å². The van der Waals surface area contributed by atoms with E-state index in [0.717, 1.165) is 0 Å². The van der Waals surface area contributed by atoms with E-state index in [0.29, 0.717) is 22.8 Å². The number of aliphatic hydroxyl groups is 3. The van der Waals surface area contributed by atoms with Crippen LogP contribution in [-0.2, 0) is 14.3 Å². The summed E-state index contributed by atoms with van der Waals surface area (Å²) < 4.78 is 25.9. The van der Waals surface area contributed by atoms with Crippen molar-refractivity contribution in [3.05, 3.63) is 23.8 Å². The molecule has 27 heavy (non-hydrogen) atoms. The van der Waals surface area contributed by atoms with Crippen molar-refractivity contribution in [1.29, 1.82) is 0 Å². The van der Waals surface area contributed by atoms with Crippen molar-refractivity contribution in [2.75, 3.05) is 34.5 Å². The first-order valence-corrected chi connectivity index (χ1v) is 8.21. The third kappa shape index (κ3) is 5.10. The minimum atomic E-state index is -1.35. The summed E-state index contributed by atoms with van der Waals surface area (Å²) in [5.74, 6) is 0.649. The number of aliphatic hydroxyl groups excluding tert-OH is 3. The van der Waals surface area contributed by atoms with E-state index in [9.17, 15) is 20.1 Å². The van der Waals surface area contributed by atoms with Crippen LogP contribution in [0.2, 0.25) is 0 Å². The van der Waals surface area contributed by atoms with Gasteiger partial charge in [-0.15, -0.1) is 0 Å². The lowest BCUT2D eigenvalue weighted by atomic mass is 10.0. The van der Waals surface area contributed by atoms with Gasteiger partial charge in [0.1, 0.15) is 31.0 Å². The van der Waals surface area contributed by atoms with Crippen LogP contribution in [0.4, 0.5) is 0 Å². The number of hydrogen-bond acceptors (Lipinski definition) is 9. The molecule has 4 unspecified atom stereocenters. The molecule has 2 rings (SSSR count). The first-order valence-electron chi connectivity index (χ1n) is 8.21. The summed E-state index contributed by atoms with van der Waals surface area (Å²) in [4.78, 5) is 11.9. The molecule has 9 nitrogen and oxygen atoms in total. The summed E-state index contributed by atoms with van der Waals surface area (Å²) in [6.07, 6.45) is -2.09. The minimum absolute atomic E-state index is 0.151. The second kappa shape index (κ2) is 9.56. The molecule has 1 aliphatic rings. The first-order chi connectivity index (χ1) is 12.9. The van der Waals surface area contributed by atoms with Crippen LogP contribution in [0.3, 0.4) is 0 Å². The van der Waals surface area contributed by atoms with Gasteiger partial charge in [0.25, 0.3) is 0 Å². The lowest BCUT2D eigenvalue weighted by Crippen LogP contribution is -2.54. The van der Waals surface area contributed by atoms with E-state index < -0.39 is 30.4 Å². The van der Waals surface area contributed by atoms with Crippen molar-refractivity contribution in [3.63, 3.8) is 0 Å². The van der Waals surface area contributed by atoms with E-state index >= 15 is 0 Å². The second-order valence-electron chi connectivity index (χ2n) is 5.84. The summed E-state index contributed by atoms with van der Waals surface area (Å²) in [7, 11) is 4.46. The van der Waals surface area contributed by atoms with Gasteiger partial charge in [-0.2, -0.15) is 0 Å². The molecule has 0 spiro atoms. The number of carbonyl (C=O) groups is 1. The van der Waals surface area contributed by atoms with Gasteiger partial charge in [-0.05, 0) is 23.8 Å². The van der Waals surface area contributed by atoms with Gasteiger partial charge in [0.05, 0.1) is 27.9 Å². The van der Waals surface area contributed by atoms with Gasteiger partial charge >= 0.3 is 5.97 Å². The normalized spacial score (nSPS) is 25.3. The Morgan fingerprint density at radius 1 is 1.11 bits per heavy atom. The van der Waals surface area contributed by atoms with Crippen LogP contribution in [-0.4, -0.2) is 80.2 Å². The van der Waals surface area contributed by atoms with E-state index in [1.165, 1.54) is 33.5 Å². The molecule has 3 N–H and O–H groups in total. The number of ether oxygens (including phenoxy) is 5. The van der Waals surface area contributed by atoms with Gasteiger partial charge < -0.3 is 39.0 Å². The summed E-state index contributed by atoms with van der Waals surface area (Å²) in [6.45, 7) is -0.412. The zero-order valence-electron chi connectivity index (χ0n) is 15.3. The van der Waals surface area contributed by atoms with Crippen LogP contribution in [0.5, 0.6) is 17.2 Å². The number of rotatable bonds is 7. The van der Waals surface area contributed by atoms with E-state index in [1.807, 2.05) is 0 Å². The van der Waals surface area contributed by atoms with Gasteiger partial charge in [-0.3, -0.25) is 0 Å². The second-order valence-corrected chi connectivity index (χ2v) is 5.84. The van der Waals surface area contributed by atoms with Crippen molar-refractivity contribution in [2.24, 2.45) is 0 Å². The molecule has 0 aromatic heterocycles. The van der Waals surface area contributed by atoms with Gasteiger partial charge in [-0.1, -0.05) is 0 Å². The molecular weight excluding hydrogens is 360 g/mol. The fourth-order valence-corrected chi connectivity index (χ4v) is 2.59. The highest BCUT2D eigenvalue weighted by molar-refractivity contribution is 5.87. The highest BCUT2D eigenvalue weighted by Crippen LogP contribution is 2.38. The van der Waals surface area contributed by atoms with E-state index in [4.69, 9.17) is 23.7 Å². The average Bonchev–Trinajstić information content (AvgIpc) is 2.68. The number of esters is 1. The Hall–Kier alpha value is -2.33. The van der Waals surface area contributed by atoms with Crippen LogP contribution < -0.4 is 14.2 Å². The standard InChI is InChI=1S/C18H24O9/c1-23-12-6-10(7-13(24-2)18(12)25-3)4-5-15(20)27-9-14-17(22)16(21)11(19)8-26-14/h4-7,11,14,16-17,19,21-22H,8-9H2,1-3H3. The molecule has 1 aromatic carbocycles. The first kappa shape index (κ1) is 21.0. The summed E-state index contributed by atoms with van der Waals surface area (Å²) in [5, 5.41) is 28.8. The zero-order chi connectivity index (χ0) is 20.0. The van der Waals surface area contributed by atoms with E-state index in [2.05, 4.69) is 0 Å². The molecule has 150 valence electrons. The maximum atomic E-state index is 11.9. The molecule has 0 aliphatic carbocycles. The van der Waals surface area contributed by atoms with E-state index in [-0.39, 0.29) is 13.2 Å². The molecule has 1 saturated heterocycles. The number of hydrogen-bond donors (Lipinski definition) is 3. The molecule has 1 aromatic rings.